The molecule has 0 radical (unpaired) electrons. The highest BCUT2D eigenvalue weighted by atomic mass is 79.9. The molecule has 1 unspecified atom stereocenters. The number of rotatable bonds is 5. The second kappa shape index (κ2) is 6.30. The molecule has 0 bridgehead atoms. The van der Waals surface area contributed by atoms with Gasteiger partial charge in [0.15, 0.2) is 0 Å². The van der Waals surface area contributed by atoms with E-state index in [1.807, 2.05) is 12.1 Å². The summed E-state index contributed by atoms with van der Waals surface area (Å²) in [5.41, 5.74) is 0.313. The molecule has 0 aliphatic heterocycles. The molecule has 0 aliphatic rings. The second-order valence-corrected chi connectivity index (χ2v) is 5.72. The lowest BCUT2D eigenvalue weighted by Crippen LogP contribution is -1.98. The number of benzene rings is 1. The summed E-state index contributed by atoms with van der Waals surface area (Å²) >= 11 is 5.04. The zero-order chi connectivity index (χ0) is 12.1. The molecule has 0 saturated heterocycles. The Labute approximate surface area is 109 Å². The topological polar surface area (TPSA) is 37.3 Å². The first kappa shape index (κ1) is 13.6. The van der Waals surface area contributed by atoms with Crippen LogP contribution in [0, 0.1) is 5.92 Å². The Morgan fingerprint density at radius 1 is 1.56 bits per heavy atom. The number of thioether (sulfide) groups is 1. The van der Waals surface area contributed by atoms with Crippen molar-refractivity contribution in [3.63, 3.8) is 0 Å². The molecule has 1 N–H and O–H groups in total. The highest BCUT2D eigenvalue weighted by molar-refractivity contribution is 9.10. The van der Waals surface area contributed by atoms with Crippen LogP contribution in [-0.2, 0) is 0 Å². The van der Waals surface area contributed by atoms with E-state index in [4.69, 9.17) is 5.11 Å². The maximum absolute atomic E-state index is 10.8. The first-order valence-corrected chi connectivity index (χ1v) is 6.98. The molecule has 0 aliphatic carbocycles. The maximum Gasteiger partial charge on any atom is 0.336 e. The van der Waals surface area contributed by atoms with Crippen LogP contribution in [0.1, 0.15) is 30.6 Å². The third-order valence-corrected chi connectivity index (χ3v) is 4.38. The van der Waals surface area contributed by atoms with Gasteiger partial charge in [-0.1, -0.05) is 20.3 Å². The SMILES string of the molecule is CCC(C)CSc1ccc(C(=O)O)c(Br)c1. The monoisotopic (exact) mass is 302 g/mol. The van der Waals surface area contributed by atoms with Crippen LogP contribution in [0.5, 0.6) is 0 Å². The quantitative estimate of drug-likeness (QED) is 0.825. The standard InChI is InChI=1S/C12H15BrO2S/c1-3-8(2)7-16-9-4-5-10(12(14)15)11(13)6-9/h4-6,8H,3,7H2,1-2H3,(H,14,15). The highest BCUT2D eigenvalue weighted by Gasteiger charge is 2.09. The van der Waals surface area contributed by atoms with Crippen molar-refractivity contribution >= 4 is 33.7 Å². The summed E-state index contributed by atoms with van der Waals surface area (Å²) < 4.78 is 0.647. The minimum atomic E-state index is -0.898. The summed E-state index contributed by atoms with van der Waals surface area (Å²) in [6.45, 7) is 4.39. The third-order valence-electron chi connectivity index (χ3n) is 2.40. The summed E-state index contributed by atoms with van der Waals surface area (Å²) in [6, 6.07) is 5.38. The van der Waals surface area contributed by atoms with E-state index < -0.39 is 5.97 Å². The van der Waals surface area contributed by atoms with Gasteiger partial charge in [-0.05, 0) is 40.0 Å². The van der Waals surface area contributed by atoms with Crippen molar-refractivity contribution in [1.82, 2.24) is 0 Å². The molecule has 0 spiro atoms. The van der Waals surface area contributed by atoms with E-state index in [2.05, 4.69) is 29.8 Å². The van der Waals surface area contributed by atoms with Gasteiger partial charge in [-0.3, -0.25) is 0 Å². The lowest BCUT2D eigenvalue weighted by atomic mass is 10.2. The number of carbonyl (C=O) groups is 1. The molecular weight excluding hydrogens is 288 g/mol. The van der Waals surface area contributed by atoms with Crippen molar-refractivity contribution in [2.45, 2.75) is 25.2 Å². The third kappa shape index (κ3) is 3.83. The van der Waals surface area contributed by atoms with Crippen molar-refractivity contribution in [2.24, 2.45) is 5.92 Å². The summed E-state index contributed by atoms with van der Waals surface area (Å²) in [4.78, 5) is 11.9. The Morgan fingerprint density at radius 2 is 2.25 bits per heavy atom. The summed E-state index contributed by atoms with van der Waals surface area (Å²) in [7, 11) is 0. The van der Waals surface area contributed by atoms with Gasteiger partial charge in [-0.25, -0.2) is 4.79 Å². The smallest absolute Gasteiger partial charge is 0.336 e. The van der Waals surface area contributed by atoms with Crippen LogP contribution >= 0.6 is 27.7 Å². The number of carboxylic acids is 1. The Bertz CT molecular complexity index is 379. The normalized spacial score (nSPS) is 12.4. The fourth-order valence-corrected chi connectivity index (χ4v) is 2.89. The van der Waals surface area contributed by atoms with E-state index in [1.165, 1.54) is 6.42 Å². The Morgan fingerprint density at radius 3 is 2.75 bits per heavy atom. The van der Waals surface area contributed by atoms with Gasteiger partial charge in [0, 0.05) is 15.1 Å². The number of hydrogen-bond acceptors (Lipinski definition) is 2. The van der Waals surface area contributed by atoms with E-state index in [0.29, 0.717) is 16.0 Å². The average molecular weight is 303 g/mol. The van der Waals surface area contributed by atoms with Gasteiger partial charge in [0.2, 0.25) is 0 Å². The number of hydrogen-bond donors (Lipinski definition) is 1. The van der Waals surface area contributed by atoms with Gasteiger partial charge >= 0.3 is 5.97 Å². The lowest BCUT2D eigenvalue weighted by molar-refractivity contribution is 0.0696. The van der Waals surface area contributed by atoms with Crippen LogP contribution in [0.3, 0.4) is 0 Å². The van der Waals surface area contributed by atoms with Crippen LogP contribution in [0.2, 0.25) is 0 Å². The molecule has 1 aromatic carbocycles. The van der Waals surface area contributed by atoms with Crippen molar-refractivity contribution in [1.29, 1.82) is 0 Å². The van der Waals surface area contributed by atoms with E-state index in [1.54, 1.807) is 17.8 Å². The molecule has 1 rings (SSSR count). The largest absolute Gasteiger partial charge is 0.478 e. The predicted octanol–water partition coefficient (Wildman–Crippen LogP) is 4.29. The van der Waals surface area contributed by atoms with Gasteiger partial charge in [0.1, 0.15) is 0 Å². The van der Waals surface area contributed by atoms with Gasteiger partial charge in [0.25, 0.3) is 0 Å². The molecule has 0 fully saturated rings. The van der Waals surface area contributed by atoms with Crippen molar-refractivity contribution in [3.8, 4) is 0 Å². The van der Waals surface area contributed by atoms with Gasteiger partial charge in [-0.15, -0.1) is 11.8 Å². The lowest BCUT2D eigenvalue weighted by Gasteiger charge is -2.08. The number of carboxylic acid groups (broad SMARTS) is 1. The molecule has 16 heavy (non-hydrogen) atoms. The molecule has 0 heterocycles. The molecule has 1 aromatic rings. The summed E-state index contributed by atoms with van der Waals surface area (Å²) in [5.74, 6) is 0.850. The zero-order valence-electron chi connectivity index (χ0n) is 9.37. The van der Waals surface area contributed by atoms with E-state index >= 15 is 0 Å². The fraction of sp³-hybridized carbons (Fsp3) is 0.417. The van der Waals surface area contributed by atoms with Crippen LogP contribution in [0.25, 0.3) is 0 Å². The average Bonchev–Trinajstić information content (AvgIpc) is 2.25. The van der Waals surface area contributed by atoms with Crippen LogP contribution in [0.15, 0.2) is 27.6 Å². The molecular formula is C12H15BrO2S. The number of halogens is 1. The molecule has 0 amide bonds. The first-order valence-electron chi connectivity index (χ1n) is 5.20. The van der Waals surface area contributed by atoms with Crippen LogP contribution < -0.4 is 0 Å². The van der Waals surface area contributed by atoms with Crippen molar-refractivity contribution in [3.05, 3.63) is 28.2 Å². The van der Waals surface area contributed by atoms with Gasteiger partial charge < -0.3 is 5.11 Å². The molecule has 1 atom stereocenters. The van der Waals surface area contributed by atoms with E-state index in [-0.39, 0.29) is 0 Å². The predicted molar refractivity (Wildman–Crippen MR) is 71.3 cm³/mol. The van der Waals surface area contributed by atoms with Crippen LogP contribution in [0.4, 0.5) is 0 Å². The Kier molecular flexibility index (Phi) is 5.35. The molecule has 2 nitrogen and oxygen atoms in total. The van der Waals surface area contributed by atoms with E-state index in [9.17, 15) is 4.79 Å². The minimum absolute atomic E-state index is 0.313. The molecule has 88 valence electrons. The Hall–Kier alpha value is -0.480. The van der Waals surface area contributed by atoms with Crippen molar-refractivity contribution < 1.29 is 9.90 Å². The summed E-state index contributed by atoms with van der Waals surface area (Å²) in [5, 5.41) is 8.88. The number of aromatic carboxylic acids is 1. The molecule has 0 saturated carbocycles. The van der Waals surface area contributed by atoms with Gasteiger partial charge in [-0.2, -0.15) is 0 Å². The maximum atomic E-state index is 10.8. The van der Waals surface area contributed by atoms with Gasteiger partial charge in [0.05, 0.1) is 5.56 Å². The van der Waals surface area contributed by atoms with E-state index in [0.717, 1.165) is 10.6 Å². The first-order chi connectivity index (χ1) is 7.54. The Balaban J connectivity index is 2.70. The molecule has 4 heteroatoms. The fourth-order valence-electron chi connectivity index (χ4n) is 1.12. The minimum Gasteiger partial charge on any atom is -0.478 e. The highest BCUT2D eigenvalue weighted by Crippen LogP contribution is 2.27. The second-order valence-electron chi connectivity index (χ2n) is 3.77. The molecule has 0 aromatic heterocycles. The van der Waals surface area contributed by atoms with Crippen molar-refractivity contribution in [2.75, 3.05) is 5.75 Å². The summed E-state index contributed by atoms with van der Waals surface area (Å²) in [6.07, 6.45) is 1.17. The zero-order valence-corrected chi connectivity index (χ0v) is 11.8. The van der Waals surface area contributed by atoms with Crippen LogP contribution in [-0.4, -0.2) is 16.8 Å².